The summed E-state index contributed by atoms with van der Waals surface area (Å²) in [6, 6.07) is 0. The first-order chi connectivity index (χ1) is 18.0. The van der Waals surface area contributed by atoms with Gasteiger partial charge in [0, 0.05) is 25.5 Å². The number of hydrogen-bond donors (Lipinski definition) is 0. The summed E-state index contributed by atoms with van der Waals surface area (Å²) < 4.78 is 32.1. The Balaban J connectivity index is 2.08. The van der Waals surface area contributed by atoms with Crippen LogP contribution in [0.1, 0.15) is 62.3 Å². The molecule has 0 amide bonds. The first kappa shape index (κ1) is 29.8. The summed E-state index contributed by atoms with van der Waals surface area (Å²) in [6.07, 6.45) is -3.57. The maximum Gasteiger partial charge on any atom is 0.515 e. The van der Waals surface area contributed by atoms with Gasteiger partial charge in [-0.15, -0.1) is 10.2 Å². The van der Waals surface area contributed by atoms with E-state index in [-0.39, 0.29) is 36.1 Å². The van der Waals surface area contributed by atoms with Gasteiger partial charge < -0.3 is 28.4 Å². The van der Waals surface area contributed by atoms with Gasteiger partial charge in [-0.2, -0.15) is 0 Å². The normalized spacial score (nSPS) is 12.2. The minimum Gasteiger partial charge on any atom is -0.434 e. The Morgan fingerprint density at radius 3 is 1.37 bits per heavy atom. The topological polar surface area (TPSA) is 176 Å². The summed E-state index contributed by atoms with van der Waals surface area (Å²) in [5.74, 6) is -2.11. The van der Waals surface area contributed by atoms with Gasteiger partial charge in [0.2, 0.25) is 11.6 Å². The van der Waals surface area contributed by atoms with Crippen LogP contribution in [0.2, 0.25) is 0 Å². The van der Waals surface area contributed by atoms with E-state index in [1.807, 2.05) is 0 Å². The van der Waals surface area contributed by atoms with Gasteiger partial charge in [0.15, 0.2) is 12.2 Å². The molecular weight excluding hydrogens is 508 g/mol. The number of carbonyl (C=O) groups excluding carboxylic acids is 5. The van der Waals surface area contributed by atoms with Crippen LogP contribution in [0.25, 0.3) is 0 Å². The van der Waals surface area contributed by atoms with Gasteiger partial charge >= 0.3 is 18.5 Å². The molecule has 0 bridgehead atoms. The summed E-state index contributed by atoms with van der Waals surface area (Å²) in [4.78, 5) is 61.5. The summed E-state index contributed by atoms with van der Waals surface area (Å²) in [5, 5.41) is 7.98. The van der Waals surface area contributed by atoms with Crippen molar-refractivity contribution in [1.82, 2.24) is 19.6 Å². The minimum absolute atomic E-state index is 0.0501. The summed E-state index contributed by atoms with van der Waals surface area (Å²) in [5.41, 5.74) is -0.255. The third-order valence-corrected chi connectivity index (χ3v) is 4.80. The number of carbonyl (C=O) groups is 5. The molecule has 38 heavy (non-hydrogen) atoms. The molecule has 15 heteroatoms. The Bertz CT molecular complexity index is 1080. The first-order valence-electron chi connectivity index (χ1n) is 11.8. The Labute approximate surface area is 217 Å². The largest absolute Gasteiger partial charge is 0.515 e. The predicted octanol–water partition coefficient (Wildman–Crippen LogP) is 3.19. The maximum absolute atomic E-state index is 12.9. The second-order valence-corrected chi connectivity index (χ2v) is 7.48. The molecule has 0 saturated heterocycles. The van der Waals surface area contributed by atoms with Crippen LogP contribution >= 0.6 is 0 Å². The number of aromatic nitrogens is 4. The monoisotopic (exact) mass is 538 g/mol. The van der Waals surface area contributed by atoms with Crippen molar-refractivity contribution >= 4 is 30.0 Å². The van der Waals surface area contributed by atoms with Crippen molar-refractivity contribution in [3.05, 3.63) is 23.5 Å². The molecule has 0 aliphatic heterocycles. The van der Waals surface area contributed by atoms with Crippen LogP contribution in [-0.2, 0) is 32.0 Å². The molecule has 2 heterocycles. The minimum atomic E-state index is -1.39. The molecule has 0 saturated carbocycles. The van der Waals surface area contributed by atoms with E-state index in [0.29, 0.717) is 13.1 Å². The van der Waals surface area contributed by atoms with Crippen molar-refractivity contribution in [2.45, 2.75) is 66.8 Å². The Hall–Kier alpha value is -4.43. The highest BCUT2D eigenvalue weighted by Gasteiger charge is 2.31. The van der Waals surface area contributed by atoms with E-state index in [9.17, 15) is 24.0 Å². The highest BCUT2D eigenvalue weighted by molar-refractivity contribution is 6.03. The van der Waals surface area contributed by atoms with E-state index in [1.165, 1.54) is 35.6 Å². The third kappa shape index (κ3) is 7.78. The second-order valence-electron chi connectivity index (χ2n) is 7.48. The molecule has 0 aliphatic rings. The maximum atomic E-state index is 12.9. The van der Waals surface area contributed by atoms with Crippen molar-refractivity contribution < 1.29 is 52.4 Å². The van der Waals surface area contributed by atoms with Gasteiger partial charge in [-0.1, -0.05) is 0 Å². The second kappa shape index (κ2) is 13.8. The number of rotatable bonds is 12. The molecule has 15 nitrogen and oxygen atoms in total. The summed E-state index contributed by atoms with van der Waals surface area (Å²) in [7, 11) is 0. The molecule has 0 spiro atoms. The van der Waals surface area contributed by atoms with Gasteiger partial charge in [-0.05, 0) is 41.5 Å². The summed E-state index contributed by atoms with van der Waals surface area (Å²) in [6.45, 7) is 10.0. The Morgan fingerprint density at radius 1 is 0.684 bits per heavy atom. The molecular formula is C23H30N4O11. The fourth-order valence-electron chi connectivity index (χ4n) is 2.93. The highest BCUT2D eigenvalue weighted by atomic mass is 16.7. The number of nitrogens with zero attached hydrogens (tertiary/aromatic N) is 4. The molecule has 0 N–H and O–H groups in total. The van der Waals surface area contributed by atoms with E-state index in [0.717, 1.165) is 0 Å². The molecule has 2 atom stereocenters. The van der Waals surface area contributed by atoms with Crippen molar-refractivity contribution in [3.63, 3.8) is 0 Å². The lowest BCUT2D eigenvalue weighted by molar-refractivity contribution is 0.0106. The van der Waals surface area contributed by atoms with Crippen molar-refractivity contribution in [1.29, 1.82) is 0 Å². The molecule has 2 unspecified atom stereocenters. The SMILES string of the molecule is CCOC(=O)Oc1nn(CC)cc1C(=O)C(C)OC(=O)OC(C)C(=O)c1cn(CC)nc1OC(=O)OCC. The van der Waals surface area contributed by atoms with Gasteiger partial charge in [0.1, 0.15) is 11.1 Å². The Kier molecular flexibility index (Phi) is 10.8. The van der Waals surface area contributed by atoms with E-state index in [2.05, 4.69) is 10.2 Å². The van der Waals surface area contributed by atoms with E-state index < -0.39 is 42.2 Å². The quantitative estimate of drug-likeness (QED) is 0.219. The smallest absolute Gasteiger partial charge is 0.434 e. The van der Waals surface area contributed by atoms with Gasteiger partial charge in [0.25, 0.3) is 11.8 Å². The zero-order valence-electron chi connectivity index (χ0n) is 21.9. The molecule has 2 rings (SSSR count). The van der Waals surface area contributed by atoms with Crippen LogP contribution in [0.15, 0.2) is 12.4 Å². The van der Waals surface area contributed by atoms with Crippen LogP contribution in [0.4, 0.5) is 14.4 Å². The average molecular weight is 539 g/mol. The fraction of sp³-hybridized carbons (Fsp3) is 0.522. The number of ketones is 2. The number of aryl methyl sites for hydroxylation is 2. The van der Waals surface area contributed by atoms with Gasteiger partial charge in [-0.3, -0.25) is 19.0 Å². The van der Waals surface area contributed by atoms with Crippen molar-refractivity contribution in [3.8, 4) is 11.8 Å². The van der Waals surface area contributed by atoms with E-state index in [4.69, 9.17) is 28.4 Å². The summed E-state index contributed by atoms with van der Waals surface area (Å²) >= 11 is 0. The molecule has 0 aromatic carbocycles. The molecule has 208 valence electrons. The first-order valence-corrected chi connectivity index (χ1v) is 11.8. The lowest BCUT2D eigenvalue weighted by Crippen LogP contribution is -2.30. The molecule has 2 aromatic heterocycles. The van der Waals surface area contributed by atoms with Crippen LogP contribution in [0.3, 0.4) is 0 Å². The Morgan fingerprint density at radius 2 is 1.05 bits per heavy atom. The van der Waals surface area contributed by atoms with Crippen LogP contribution in [-0.4, -0.2) is 75.0 Å². The number of ether oxygens (including phenoxy) is 6. The molecule has 2 aromatic rings. The lowest BCUT2D eigenvalue weighted by Gasteiger charge is -2.15. The average Bonchev–Trinajstić information content (AvgIpc) is 3.46. The van der Waals surface area contributed by atoms with Crippen LogP contribution < -0.4 is 9.47 Å². The van der Waals surface area contributed by atoms with Gasteiger partial charge in [-0.25, -0.2) is 14.4 Å². The predicted molar refractivity (Wildman–Crippen MR) is 126 cm³/mol. The number of Topliss-reactive ketones (excluding diaryl/α,β-unsaturated/α-hetero) is 2. The van der Waals surface area contributed by atoms with Crippen molar-refractivity contribution in [2.24, 2.45) is 0 Å². The number of hydrogen-bond acceptors (Lipinski definition) is 13. The standard InChI is InChI=1S/C23H30N4O11/c1-7-26-11-15(19(24-26)37-21(30)33-9-3)17(28)13(5)35-23(32)36-14(6)18(29)16-12-27(8-2)25-20(16)38-22(31)34-10-4/h11-14H,7-10H2,1-6H3. The third-order valence-electron chi connectivity index (χ3n) is 4.80. The van der Waals surface area contributed by atoms with Gasteiger partial charge in [0.05, 0.1) is 13.2 Å². The zero-order chi connectivity index (χ0) is 28.4. The lowest BCUT2D eigenvalue weighted by atomic mass is 10.1. The molecule has 0 fully saturated rings. The van der Waals surface area contributed by atoms with Crippen LogP contribution in [0, 0.1) is 0 Å². The zero-order valence-corrected chi connectivity index (χ0v) is 21.9. The fourth-order valence-corrected chi connectivity index (χ4v) is 2.93. The molecule has 0 aliphatic carbocycles. The van der Waals surface area contributed by atoms with E-state index >= 15 is 0 Å². The highest BCUT2D eigenvalue weighted by Crippen LogP contribution is 2.22. The van der Waals surface area contributed by atoms with Crippen molar-refractivity contribution in [2.75, 3.05) is 13.2 Å². The molecule has 0 radical (unpaired) electrons. The van der Waals surface area contributed by atoms with Crippen LogP contribution in [0.5, 0.6) is 11.8 Å². The van der Waals surface area contributed by atoms with E-state index in [1.54, 1.807) is 27.7 Å².